The lowest BCUT2D eigenvalue weighted by molar-refractivity contribution is 0.0784. The van der Waals surface area contributed by atoms with Gasteiger partial charge in [-0.1, -0.05) is 18.2 Å². The Labute approximate surface area is 126 Å². The van der Waals surface area contributed by atoms with Gasteiger partial charge in [0.1, 0.15) is 0 Å². The van der Waals surface area contributed by atoms with E-state index >= 15 is 0 Å². The Kier molecular flexibility index (Phi) is 4.42. The van der Waals surface area contributed by atoms with E-state index in [1.165, 1.54) is 0 Å². The zero-order valence-corrected chi connectivity index (χ0v) is 13.6. The van der Waals surface area contributed by atoms with E-state index in [4.69, 9.17) is 0 Å². The second-order valence-corrected chi connectivity index (χ2v) is 6.98. The van der Waals surface area contributed by atoms with Crippen molar-refractivity contribution >= 4 is 33.2 Å². The minimum absolute atomic E-state index is 0.0814. The van der Waals surface area contributed by atoms with E-state index in [1.807, 2.05) is 39.1 Å². The third-order valence-corrected chi connectivity index (χ3v) is 4.64. The number of halogens is 1. The molecular weight excluding hydrogens is 322 g/mol. The predicted molar refractivity (Wildman–Crippen MR) is 83.7 cm³/mol. The van der Waals surface area contributed by atoms with Crippen LogP contribution in [0, 0.1) is 13.8 Å². The Morgan fingerprint density at radius 3 is 2.47 bits per heavy atom. The van der Waals surface area contributed by atoms with Crippen molar-refractivity contribution < 1.29 is 4.79 Å². The number of rotatable bonds is 3. The average molecular weight is 338 g/mol. The second kappa shape index (κ2) is 5.88. The zero-order chi connectivity index (χ0) is 14.0. The topological polar surface area (TPSA) is 20.3 Å². The molecule has 1 amide bonds. The van der Waals surface area contributed by atoms with Gasteiger partial charge in [0.05, 0.1) is 3.79 Å². The monoisotopic (exact) mass is 337 g/mol. The summed E-state index contributed by atoms with van der Waals surface area (Å²) >= 11 is 5.08. The van der Waals surface area contributed by atoms with Crippen LogP contribution in [0.4, 0.5) is 0 Å². The summed E-state index contributed by atoms with van der Waals surface area (Å²) in [7, 11) is 1.85. The van der Waals surface area contributed by atoms with Gasteiger partial charge in [0.25, 0.3) is 5.91 Å². The first-order chi connectivity index (χ1) is 8.99. The molecule has 0 spiro atoms. The van der Waals surface area contributed by atoms with E-state index in [9.17, 15) is 4.79 Å². The highest BCUT2D eigenvalue weighted by atomic mass is 79.9. The summed E-state index contributed by atoms with van der Waals surface area (Å²) in [6.07, 6.45) is 0. The first-order valence-corrected chi connectivity index (χ1v) is 7.71. The van der Waals surface area contributed by atoms with Crippen molar-refractivity contribution in [2.45, 2.75) is 20.4 Å². The van der Waals surface area contributed by atoms with Crippen molar-refractivity contribution in [1.82, 2.24) is 4.90 Å². The summed E-state index contributed by atoms with van der Waals surface area (Å²) in [5.74, 6) is 0.0814. The van der Waals surface area contributed by atoms with Crippen molar-refractivity contribution in [3.8, 4) is 0 Å². The summed E-state index contributed by atoms with van der Waals surface area (Å²) in [6, 6.07) is 8.00. The van der Waals surface area contributed by atoms with Crippen molar-refractivity contribution in [2.24, 2.45) is 0 Å². The number of amides is 1. The molecular formula is C15H16BrNOS. The van der Waals surface area contributed by atoms with Crippen LogP contribution in [0.3, 0.4) is 0 Å². The molecule has 0 saturated carbocycles. The molecule has 0 fully saturated rings. The van der Waals surface area contributed by atoms with E-state index in [0.29, 0.717) is 6.54 Å². The fraction of sp³-hybridized carbons (Fsp3) is 0.267. The number of carbonyl (C=O) groups excluding carboxylic acids is 1. The van der Waals surface area contributed by atoms with Gasteiger partial charge in [0.2, 0.25) is 0 Å². The van der Waals surface area contributed by atoms with Gasteiger partial charge in [0, 0.05) is 19.2 Å². The van der Waals surface area contributed by atoms with Crippen LogP contribution in [0.2, 0.25) is 0 Å². The zero-order valence-electron chi connectivity index (χ0n) is 11.2. The number of hydrogen-bond acceptors (Lipinski definition) is 2. The van der Waals surface area contributed by atoms with E-state index in [1.54, 1.807) is 16.2 Å². The molecule has 0 bridgehead atoms. The molecule has 0 saturated heterocycles. The molecule has 2 rings (SSSR count). The Bertz CT molecular complexity index is 586. The molecule has 2 aromatic rings. The molecule has 100 valence electrons. The maximum atomic E-state index is 12.5. The molecule has 0 N–H and O–H groups in total. The van der Waals surface area contributed by atoms with E-state index in [0.717, 1.165) is 26.0 Å². The normalized spacial score (nSPS) is 10.5. The summed E-state index contributed by atoms with van der Waals surface area (Å²) in [5.41, 5.74) is 4.03. The van der Waals surface area contributed by atoms with Gasteiger partial charge in [-0.25, -0.2) is 0 Å². The quantitative estimate of drug-likeness (QED) is 0.812. The van der Waals surface area contributed by atoms with Gasteiger partial charge < -0.3 is 4.90 Å². The molecule has 4 heteroatoms. The largest absolute Gasteiger partial charge is 0.337 e. The first kappa shape index (κ1) is 14.3. The van der Waals surface area contributed by atoms with E-state index < -0.39 is 0 Å². The highest BCUT2D eigenvalue weighted by Gasteiger charge is 2.16. The van der Waals surface area contributed by atoms with Crippen LogP contribution in [0.1, 0.15) is 27.0 Å². The number of thiophene rings is 1. The van der Waals surface area contributed by atoms with Crippen LogP contribution < -0.4 is 0 Å². The molecule has 0 atom stereocenters. The van der Waals surface area contributed by atoms with Gasteiger partial charge in [-0.2, -0.15) is 0 Å². The number of aryl methyl sites for hydroxylation is 2. The minimum atomic E-state index is 0.0814. The number of carbonyl (C=O) groups is 1. The van der Waals surface area contributed by atoms with Gasteiger partial charge in [0.15, 0.2) is 0 Å². The fourth-order valence-electron chi connectivity index (χ4n) is 2.12. The Hall–Kier alpha value is -1.13. The van der Waals surface area contributed by atoms with Gasteiger partial charge >= 0.3 is 0 Å². The number of benzene rings is 1. The average Bonchev–Trinajstić information content (AvgIpc) is 2.74. The fourth-order valence-corrected chi connectivity index (χ4v) is 3.32. The molecule has 2 nitrogen and oxygen atoms in total. The van der Waals surface area contributed by atoms with Gasteiger partial charge in [-0.15, -0.1) is 11.3 Å². The number of hydrogen-bond donors (Lipinski definition) is 0. The Morgan fingerprint density at radius 2 is 1.95 bits per heavy atom. The highest BCUT2D eigenvalue weighted by molar-refractivity contribution is 9.11. The van der Waals surface area contributed by atoms with E-state index in [-0.39, 0.29) is 5.91 Å². The summed E-state index contributed by atoms with van der Waals surface area (Å²) in [5, 5.41) is 2.07. The maximum absolute atomic E-state index is 12.5. The lowest BCUT2D eigenvalue weighted by Crippen LogP contribution is -2.27. The predicted octanol–water partition coefficient (Wildman–Crippen LogP) is 4.40. The first-order valence-electron chi connectivity index (χ1n) is 6.03. The highest BCUT2D eigenvalue weighted by Crippen LogP contribution is 2.22. The molecule has 19 heavy (non-hydrogen) atoms. The van der Waals surface area contributed by atoms with E-state index in [2.05, 4.69) is 27.4 Å². The molecule has 0 aliphatic rings. The molecule has 0 aliphatic heterocycles. The van der Waals surface area contributed by atoms with Crippen LogP contribution in [-0.4, -0.2) is 17.9 Å². The molecule has 1 aromatic heterocycles. The second-order valence-electron chi connectivity index (χ2n) is 4.69. The Balaban J connectivity index is 2.19. The van der Waals surface area contributed by atoms with Crippen LogP contribution >= 0.6 is 27.3 Å². The van der Waals surface area contributed by atoms with Gasteiger partial charge in [-0.3, -0.25) is 4.79 Å². The lowest BCUT2D eigenvalue weighted by Gasteiger charge is -2.19. The smallest absolute Gasteiger partial charge is 0.254 e. The van der Waals surface area contributed by atoms with Crippen LogP contribution in [0.5, 0.6) is 0 Å². The summed E-state index contributed by atoms with van der Waals surface area (Å²) in [4.78, 5) is 14.3. The SMILES string of the molecule is Cc1cccc(C)c1C(=O)N(C)Cc1csc(Br)c1. The molecule has 0 aliphatic carbocycles. The lowest BCUT2D eigenvalue weighted by atomic mass is 10.0. The number of nitrogens with zero attached hydrogens (tertiary/aromatic N) is 1. The van der Waals surface area contributed by atoms with Crippen molar-refractivity contribution in [1.29, 1.82) is 0 Å². The van der Waals surface area contributed by atoms with Crippen LogP contribution in [-0.2, 0) is 6.54 Å². The molecule has 0 unspecified atom stereocenters. The maximum Gasteiger partial charge on any atom is 0.254 e. The third-order valence-electron chi connectivity index (χ3n) is 3.08. The Morgan fingerprint density at radius 1 is 1.32 bits per heavy atom. The van der Waals surface area contributed by atoms with Gasteiger partial charge in [-0.05, 0) is 57.9 Å². The molecule has 0 radical (unpaired) electrons. The standard InChI is InChI=1S/C15H16BrNOS/c1-10-5-4-6-11(2)14(10)15(18)17(3)8-12-7-13(16)19-9-12/h4-7,9H,8H2,1-3H3. The van der Waals surface area contributed by atoms with Crippen LogP contribution in [0.15, 0.2) is 33.4 Å². The van der Waals surface area contributed by atoms with Crippen molar-refractivity contribution in [3.05, 3.63) is 55.7 Å². The summed E-state index contributed by atoms with van der Waals surface area (Å²) < 4.78 is 1.09. The van der Waals surface area contributed by atoms with Crippen molar-refractivity contribution in [3.63, 3.8) is 0 Å². The molecule has 1 heterocycles. The summed E-state index contributed by atoms with van der Waals surface area (Å²) in [6.45, 7) is 4.60. The third kappa shape index (κ3) is 3.25. The van der Waals surface area contributed by atoms with Crippen LogP contribution in [0.25, 0.3) is 0 Å². The van der Waals surface area contributed by atoms with Crippen molar-refractivity contribution in [2.75, 3.05) is 7.05 Å². The molecule has 1 aromatic carbocycles. The minimum Gasteiger partial charge on any atom is -0.337 e.